The number of hydrogen-bond donors (Lipinski definition) is 0. The maximum absolute atomic E-state index is 12.2. The molecule has 22 heavy (non-hydrogen) atoms. The standard InChI is InChI=1S/C17H17N3O2/c1-3-20-16-9-8-13(10-15(16)18-19-20)17(21)22-11-14-7-5-4-6-12(14)2/h4-10H,3,11H2,1-2H3. The van der Waals surface area contributed by atoms with Crippen molar-refractivity contribution >= 4 is 17.0 Å². The van der Waals surface area contributed by atoms with Gasteiger partial charge < -0.3 is 4.74 Å². The highest BCUT2D eigenvalue weighted by Gasteiger charge is 2.11. The van der Waals surface area contributed by atoms with Crippen LogP contribution in [0.5, 0.6) is 0 Å². The van der Waals surface area contributed by atoms with Gasteiger partial charge in [-0.3, -0.25) is 0 Å². The van der Waals surface area contributed by atoms with Crippen molar-refractivity contribution in [3.63, 3.8) is 0 Å². The zero-order valence-electron chi connectivity index (χ0n) is 12.6. The molecule has 0 bridgehead atoms. The summed E-state index contributed by atoms with van der Waals surface area (Å²) in [7, 11) is 0. The summed E-state index contributed by atoms with van der Waals surface area (Å²) in [5.74, 6) is -0.351. The third-order valence-electron chi connectivity index (χ3n) is 3.67. The van der Waals surface area contributed by atoms with Crippen LogP contribution in [0.2, 0.25) is 0 Å². The largest absolute Gasteiger partial charge is 0.457 e. The molecule has 0 saturated carbocycles. The fourth-order valence-corrected chi connectivity index (χ4v) is 2.33. The Balaban J connectivity index is 1.76. The van der Waals surface area contributed by atoms with Gasteiger partial charge in [-0.05, 0) is 43.2 Å². The van der Waals surface area contributed by atoms with E-state index >= 15 is 0 Å². The van der Waals surface area contributed by atoms with Crippen LogP contribution in [0.1, 0.15) is 28.4 Å². The molecule has 0 atom stereocenters. The molecule has 0 amide bonds. The van der Waals surface area contributed by atoms with E-state index in [0.717, 1.165) is 23.2 Å². The summed E-state index contributed by atoms with van der Waals surface area (Å²) < 4.78 is 7.17. The van der Waals surface area contributed by atoms with E-state index in [1.54, 1.807) is 16.8 Å². The zero-order valence-corrected chi connectivity index (χ0v) is 12.6. The summed E-state index contributed by atoms with van der Waals surface area (Å²) in [5.41, 5.74) is 4.22. The molecule has 0 unspecified atom stereocenters. The normalized spacial score (nSPS) is 10.8. The molecule has 5 nitrogen and oxygen atoms in total. The van der Waals surface area contributed by atoms with E-state index in [9.17, 15) is 4.79 Å². The molecular formula is C17H17N3O2. The lowest BCUT2D eigenvalue weighted by Crippen LogP contribution is -2.06. The quantitative estimate of drug-likeness (QED) is 0.694. The lowest BCUT2D eigenvalue weighted by molar-refractivity contribution is 0.0472. The Hall–Kier alpha value is -2.69. The predicted molar refractivity (Wildman–Crippen MR) is 83.5 cm³/mol. The van der Waals surface area contributed by atoms with Gasteiger partial charge in [0.1, 0.15) is 12.1 Å². The summed E-state index contributed by atoms with van der Waals surface area (Å²) in [6.45, 7) is 5.01. The number of hydrogen-bond acceptors (Lipinski definition) is 4. The predicted octanol–water partition coefficient (Wildman–Crippen LogP) is 3.12. The Morgan fingerprint density at radius 3 is 2.82 bits per heavy atom. The van der Waals surface area contributed by atoms with E-state index < -0.39 is 0 Å². The molecule has 1 heterocycles. The highest BCUT2D eigenvalue weighted by Crippen LogP contribution is 2.15. The molecule has 0 aliphatic carbocycles. The number of ether oxygens (including phenoxy) is 1. The van der Waals surface area contributed by atoms with E-state index in [1.165, 1.54) is 0 Å². The lowest BCUT2D eigenvalue weighted by Gasteiger charge is -2.07. The third-order valence-corrected chi connectivity index (χ3v) is 3.67. The van der Waals surface area contributed by atoms with E-state index in [0.29, 0.717) is 11.1 Å². The number of aromatic nitrogens is 3. The van der Waals surface area contributed by atoms with Crippen molar-refractivity contribution in [1.29, 1.82) is 0 Å². The van der Waals surface area contributed by atoms with E-state index in [-0.39, 0.29) is 12.6 Å². The van der Waals surface area contributed by atoms with Crippen molar-refractivity contribution in [2.24, 2.45) is 0 Å². The molecule has 0 N–H and O–H groups in total. The first kappa shape index (κ1) is 14.3. The number of fused-ring (bicyclic) bond motifs is 1. The number of rotatable bonds is 4. The van der Waals surface area contributed by atoms with Crippen LogP contribution in [0.15, 0.2) is 42.5 Å². The van der Waals surface area contributed by atoms with Crippen molar-refractivity contribution in [2.75, 3.05) is 0 Å². The second-order valence-corrected chi connectivity index (χ2v) is 5.11. The van der Waals surface area contributed by atoms with Gasteiger partial charge in [0.05, 0.1) is 11.1 Å². The van der Waals surface area contributed by atoms with Gasteiger partial charge in [0, 0.05) is 6.54 Å². The maximum Gasteiger partial charge on any atom is 0.338 e. The van der Waals surface area contributed by atoms with Crippen LogP contribution in [-0.4, -0.2) is 21.0 Å². The molecule has 0 aliphatic heterocycles. The van der Waals surface area contributed by atoms with Crippen LogP contribution in [0, 0.1) is 6.92 Å². The number of benzene rings is 2. The molecule has 5 heteroatoms. The summed E-state index contributed by atoms with van der Waals surface area (Å²) in [6.07, 6.45) is 0. The Kier molecular flexibility index (Phi) is 3.87. The first-order valence-corrected chi connectivity index (χ1v) is 7.24. The average Bonchev–Trinajstić information content (AvgIpc) is 2.96. The topological polar surface area (TPSA) is 57.0 Å². The maximum atomic E-state index is 12.2. The molecule has 2 aromatic carbocycles. The first-order valence-electron chi connectivity index (χ1n) is 7.24. The van der Waals surface area contributed by atoms with E-state index in [4.69, 9.17) is 4.74 Å². The monoisotopic (exact) mass is 295 g/mol. The Labute approximate surface area is 128 Å². The fraction of sp³-hybridized carbons (Fsp3) is 0.235. The SMILES string of the molecule is CCn1nnc2cc(C(=O)OCc3ccccc3C)ccc21. The summed E-state index contributed by atoms with van der Waals surface area (Å²) in [4.78, 5) is 12.2. The van der Waals surface area contributed by atoms with Gasteiger partial charge in [-0.15, -0.1) is 5.10 Å². The minimum Gasteiger partial charge on any atom is -0.457 e. The van der Waals surface area contributed by atoms with Crippen molar-refractivity contribution in [3.05, 3.63) is 59.2 Å². The van der Waals surface area contributed by atoms with Gasteiger partial charge >= 0.3 is 5.97 Å². The average molecular weight is 295 g/mol. The van der Waals surface area contributed by atoms with Crippen molar-refractivity contribution in [3.8, 4) is 0 Å². The highest BCUT2D eigenvalue weighted by molar-refractivity contribution is 5.93. The second-order valence-electron chi connectivity index (χ2n) is 5.11. The van der Waals surface area contributed by atoms with Crippen LogP contribution in [0.25, 0.3) is 11.0 Å². The molecule has 0 saturated heterocycles. The Morgan fingerprint density at radius 2 is 2.05 bits per heavy atom. The second kappa shape index (κ2) is 5.97. The van der Waals surface area contributed by atoms with Crippen LogP contribution < -0.4 is 0 Å². The lowest BCUT2D eigenvalue weighted by atomic mass is 10.1. The van der Waals surface area contributed by atoms with Gasteiger partial charge in [-0.2, -0.15) is 0 Å². The fourth-order valence-electron chi connectivity index (χ4n) is 2.33. The van der Waals surface area contributed by atoms with Crippen LogP contribution in [0.3, 0.4) is 0 Å². The van der Waals surface area contributed by atoms with Crippen molar-refractivity contribution in [1.82, 2.24) is 15.0 Å². The Bertz CT molecular complexity index is 824. The van der Waals surface area contributed by atoms with Crippen molar-refractivity contribution < 1.29 is 9.53 Å². The molecule has 3 aromatic rings. The van der Waals surface area contributed by atoms with E-state index in [2.05, 4.69) is 10.3 Å². The number of carbonyl (C=O) groups excluding carboxylic acids is 1. The highest BCUT2D eigenvalue weighted by atomic mass is 16.5. The molecule has 3 rings (SSSR count). The van der Waals surface area contributed by atoms with Gasteiger partial charge in [0.15, 0.2) is 0 Å². The van der Waals surface area contributed by atoms with E-state index in [1.807, 2.05) is 44.2 Å². The minimum atomic E-state index is -0.351. The third kappa shape index (κ3) is 2.70. The number of carbonyl (C=O) groups is 1. The van der Waals surface area contributed by atoms with Crippen LogP contribution >= 0.6 is 0 Å². The summed E-state index contributed by atoms with van der Waals surface area (Å²) >= 11 is 0. The molecule has 0 fully saturated rings. The summed E-state index contributed by atoms with van der Waals surface area (Å²) in [6, 6.07) is 13.2. The Morgan fingerprint density at radius 1 is 1.23 bits per heavy atom. The van der Waals surface area contributed by atoms with Gasteiger partial charge in [-0.1, -0.05) is 29.5 Å². The van der Waals surface area contributed by atoms with Gasteiger partial charge in [0.2, 0.25) is 0 Å². The van der Waals surface area contributed by atoms with Crippen LogP contribution in [-0.2, 0) is 17.9 Å². The minimum absolute atomic E-state index is 0.269. The van der Waals surface area contributed by atoms with Crippen LogP contribution in [0.4, 0.5) is 0 Å². The smallest absolute Gasteiger partial charge is 0.338 e. The number of esters is 1. The molecule has 0 aliphatic rings. The van der Waals surface area contributed by atoms with Crippen molar-refractivity contribution in [2.45, 2.75) is 27.0 Å². The first-order chi connectivity index (χ1) is 10.7. The molecule has 0 radical (unpaired) electrons. The number of nitrogens with zero attached hydrogens (tertiary/aromatic N) is 3. The van der Waals surface area contributed by atoms with Gasteiger partial charge in [-0.25, -0.2) is 9.48 Å². The summed E-state index contributed by atoms with van der Waals surface area (Å²) in [5, 5.41) is 8.10. The molecular weight excluding hydrogens is 278 g/mol. The van der Waals surface area contributed by atoms with Gasteiger partial charge in [0.25, 0.3) is 0 Å². The molecule has 1 aromatic heterocycles. The molecule has 112 valence electrons. The molecule has 0 spiro atoms. The number of aryl methyl sites for hydroxylation is 2. The zero-order chi connectivity index (χ0) is 15.5.